The Bertz CT molecular complexity index is 1390. The first-order valence-corrected chi connectivity index (χ1v) is 14.7. The maximum Gasteiger partial charge on any atom is 0.264 e. The van der Waals surface area contributed by atoms with Gasteiger partial charge in [-0.3, -0.25) is 13.9 Å². The van der Waals surface area contributed by atoms with Gasteiger partial charge in [0.25, 0.3) is 10.0 Å². The molecule has 3 rings (SSSR count). The molecule has 7 nitrogen and oxygen atoms in total. The highest BCUT2D eigenvalue weighted by Gasteiger charge is 2.33. The summed E-state index contributed by atoms with van der Waals surface area (Å²) >= 11 is 6.05. The van der Waals surface area contributed by atoms with E-state index >= 15 is 0 Å². The van der Waals surface area contributed by atoms with Crippen molar-refractivity contribution in [2.75, 3.05) is 10.8 Å². The van der Waals surface area contributed by atoms with Crippen molar-refractivity contribution in [3.05, 3.63) is 94.5 Å². The monoisotopic (exact) mass is 569 g/mol. The number of nitrogens with one attached hydrogen (secondary N) is 1. The maximum absolute atomic E-state index is 14.0. The molecule has 0 bridgehead atoms. The number of hydrogen-bond donors (Lipinski definition) is 1. The van der Waals surface area contributed by atoms with Crippen LogP contribution in [0, 0.1) is 13.8 Å². The molecule has 0 fully saturated rings. The molecule has 208 valence electrons. The molecule has 0 saturated carbocycles. The maximum atomic E-state index is 14.0. The van der Waals surface area contributed by atoms with Gasteiger partial charge in [-0.05, 0) is 75.6 Å². The Kier molecular flexibility index (Phi) is 10.2. The number of hydrogen-bond acceptors (Lipinski definition) is 4. The number of rotatable bonds is 11. The molecule has 3 aromatic carbocycles. The van der Waals surface area contributed by atoms with Crippen molar-refractivity contribution >= 4 is 39.1 Å². The van der Waals surface area contributed by atoms with Crippen LogP contribution in [0.3, 0.4) is 0 Å². The summed E-state index contributed by atoms with van der Waals surface area (Å²) in [5.41, 5.74) is 2.78. The zero-order chi connectivity index (χ0) is 28.7. The minimum absolute atomic E-state index is 0.0715. The molecule has 2 amide bonds. The summed E-state index contributed by atoms with van der Waals surface area (Å²) in [4.78, 5) is 28.6. The number of aryl methyl sites for hydroxylation is 2. The van der Waals surface area contributed by atoms with Gasteiger partial charge in [0.05, 0.1) is 10.6 Å². The number of amides is 2. The lowest BCUT2D eigenvalue weighted by molar-refractivity contribution is -0.139. The number of para-hydroxylation sites is 1. The molecular weight excluding hydrogens is 534 g/mol. The summed E-state index contributed by atoms with van der Waals surface area (Å²) < 4.78 is 28.9. The molecule has 1 N–H and O–H groups in total. The van der Waals surface area contributed by atoms with Crippen LogP contribution in [0.15, 0.2) is 77.7 Å². The van der Waals surface area contributed by atoms with E-state index in [2.05, 4.69) is 5.32 Å². The van der Waals surface area contributed by atoms with Crippen LogP contribution in [0.4, 0.5) is 5.69 Å². The minimum atomic E-state index is -4.10. The van der Waals surface area contributed by atoms with Crippen molar-refractivity contribution in [2.45, 2.75) is 64.6 Å². The van der Waals surface area contributed by atoms with Crippen molar-refractivity contribution in [3.63, 3.8) is 0 Å². The molecular formula is C30H36ClN3O4S. The molecule has 39 heavy (non-hydrogen) atoms. The van der Waals surface area contributed by atoms with E-state index in [1.807, 2.05) is 26.8 Å². The number of carbonyl (C=O) groups excluding carboxylic acids is 2. The highest BCUT2D eigenvalue weighted by molar-refractivity contribution is 7.92. The van der Waals surface area contributed by atoms with Gasteiger partial charge in [-0.1, -0.05) is 66.6 Å². The number of halogens is 1. The molecule has 0 aromatic heterocycles. The number of anilines is 1. The van der Waals surface area contributed by atoms with Gasteiger partial charge in [0.2, 0.25) is 11.8 Å². The number of benzene rings is 3. The third kappa shape index (κ3) is 7.61. The molecule has 0 heterocycles. The van der Waals surface area contributed by atoms with Crippen LogP contribution in [0.25, 0.3) is 0 Å². The fraction of sp³-hybridized carbons (Fsp3) is 0.333. The van der Waals surface area contributed by atoms with Crippen molar-refractivity contribution < 1.29 is 18.0 Å². The smallest absolute Gasteiger partial charge is 0.264 e. The quantitative estimate of drug-likeness (QED) is 0.331. The second kappa shape index (κ2) is 13.1. The van der Waals surface area contributed by atoms with Crippen LogP contribution in [0.1, 0.15) is 43.9 Å². The summed E-state index contributed by atoms with van der Waals surface area (Å²) in [6.07, 6.45) is 0.736. The lowest BCUT2D eigenvalue weighted by Crippen LogP contribution is -2.52. The van der Waals surface area contributed by atoms with E-state index in [0.717, 1.165) is 21.9 Å². The second-order valence-corrected chi connectivity index (χ2v) is 12.1. The Hall–Kier alpha value is -3.36. The lowest BCUT2D eigenvalue weighted by atomic mass is 10.1. The lowest BCUT2D eigenvalue weighted by Gasteiger charge is -2.33. The second-order valence-electron chi connectivity index (χ2n) is 9.75. The van der Waals surface area contributed by atoms with E-state index in [-0.39, 0.29) is 23.4 Å². The van der Waals surface area contributed by atoms with Crippen LogP contribution in [-0.4, -0.2) is 43.8 Å². The van der Waals surface area contributed by atoms with Crippen molar-refractivity contribution in [1.29, 1.82) is 0 Å². The van der Waals surface area contributed by atoms with Gasteiger partial charge in [-0.2, -0.15) is 0 Å². The predicted molar refractivity (Wildman–Crippen MR) is 156 cm³/mol. The Morgan fingerprint density at radius 2 is 1.54 bits per heavy atom. The fourth-order valence-corrected chi connectivity index (χ4v) is 5.63. The summed E-state index contributed by atoms with van der Waals surface area (Å²) in [5.74, 6) is -0.814. The molecule has 0 aliphatic rings. The SMILES string of the molecule is CC[C@@H](C)NC(=O)[C@@H](C)N(Cc1ccc(Cl)cc1)C(=O)CN(c1ccccc1C)S(=O)(=O)c1ccc(C)cc1. The van der Waals surface area contributed by atoms with Crippen molar-refractivity contribution in [2.24, 2.45) is 0 Å². The van der Waals surface area contributed by atoms with Gasteiger partial charge >= 0.3 is 0 Å². The van der Waals surface area contributed by atoms with E-state index in [9.17, 15) is 18.0 Å². The van der Waals surface area contributed by atoms with Crippen LogP contribution in [0.5, 0.6) is 0 Å². The third-order valence-corrected chi connectivity index (χ3v) is 8.73. The van der Waals surface area contributed by atoms with E-state index in [0.29, 0.717) is 16.3 Å². The Labute approximate surface area is 236 Å². The Balaban J connectivity index is 2.03. The van der Waals surface area contributed by atoms with Crippen LogP contribution < -0.4 is 9.62 Å². The molecule has 0 aliphatic heterocycles. The molecule has 0 unspecified atom stereocenters. The molecule has 3 aromatic rings. The van der Waals surface area contributed by atoms with Gasteiger partial charge in [0, 0.05) is 17.6 Å². The van der Waals surface area contributed by atoms with Gasteiger partial charge in [0.15, 0.2) is 0 Å². The molecule has 0 aliphatic carbocycles. The Morgan fingerprint density at radius 1 is 0.923 bits per heavy atom. The summed E-state index contributed by atoms with van der Waals surface area (Å²) in [6.45, 7) is 8.81. The first-order chi connectivity index (χ1) is 18.4. The summed E-state index contributed by atoms with van der Waals surface area (Å²) in [6, 6.07) is 19.6. The highest BCUT2D eigenvalue weighted by atomic mass is 35.5. The molecule has 0 spiro atoms. The summed E-state index contributed by atoms with van der Waals surface area (Å²) in [7, 11) is -4.10. The third-order valence-electron chi connectivity index (χ3n) is 6.71. The average Bonchev–Trinajstić information content (AvgIpc) is 2.91. The molecule has 0 radical (unpaired) electrons. The molecule has 0 saturated heterocycles. The normalized spacial score (nSPS) is 12.9. The fourth-order valence-electron chi connectivity index (χ4n) is 4.03. The molecule has 9 heteroatoms. The zero-order valence-electron chi connectivity index (χ0n) is 23.0. The van der Waals surface area contributed by atoms with Gasteiger partial charge in [-0.25, -0.2) is 8.42 Å². The highest BCUT2D eigenvalue weighted by Crippen LogP contribution is 2.27. The number of nitrogens with zero attached hydrogens (tertiary/aromatic N) is 2. The van der Waals surface area contributed by atoms with E-state index in [4.69, 9.17) is 11.6 Å². The standard InChI is InChI=1S/C30H36ClN3O4S/c1-6-23(4)32-30(36)24(5)33(19-25-13-15-26(31)16-14-25)29(35)20-34(28-10-8-7-9-22(28)3)39(37,38)27-17-11-21(2)12-18-27/h7-18,23-24H,6,19-20H2,1-5H3,(H,32,36)/t23-,24-/m1/s1. The van der Waals surface area contributed by atoms with E-state index in [1.165, 1.54) is 17.0 Å². The van der Waals surface area contributed by atoms with Crippen molar-refractivity contribution in [1.82, 2.24) is 10.2 Å². The van der Waals surface area contributed by atoms with Crippen LogP contribution in [0.2, 0.25) is 5.02 Å². The predicted octanol–water partition coefficient (Wildman–Crippen LogP) is 5.48. The topological polar surface area (TPSA) is 86.8 Å². The Morgan fingerprint density at radius 3 is 2.13 bits per heavy atom. The van der Waals surface area contributed by atoms with Crippen LogP contribution in [-0.2, 0) is 26.2 Å². The largest absolute Gasteiger partial charge is 0.352 e. The molecule has 2 atom stereocenters. The van der Waals surface area contributed by atoms with Crippen molar-refractivity contribution in [3.8, 4) is 0 Å². The van der Waals surface area contributed by atoms with Gasteiger partial charge in [0.1, 0.15) is 12.6 Å². The van der Waals surface area contributed by atoms with E-state index < -0.39 is 28.5 Å². The first kappa shape index (κ1) is 30.2. The number of sulfonamides is 1. The average molecular weight is 570 g/mol. The summed E-state index contributed by atoms with van der Waals surface area (Å²) in [5, 5.41) is 3.48. The van der Waals surface area contributed by atoms with Crippen LogP contribution >= 0.6 is 11.6 Å². The first-order valence-electron chi connectivity index (χ1n) is 12.9. The number of carbonyl (C=O) groups is 2. The minimum Gasteiger partial charge on any atom is -0.352 e. The van der Waals surface area contributed by atoms with Gasteiger partial charge < -0.3 is 10.2 Å². The van der Waals surface area contributed by atoms with E-state index in [1.54, 1.807) is 68.4 Å². The zero-order valence-corrected chi connectivity index (χ0v) is 24.6. The van der Waals surface area contributed by atoms with Gasteiger partial charge in [-0.15, -0.1) is 0 Å².